The van der Waals surface area contributed by atoms with E-state index in [2.05, 4.69) is 32.6 Å². The maximum absolute atomic E-state index is 12.6. The summed E-state index contributed by atoms with van der Waals surface area (Å²) in [6, 6.07) is 0. The van der Waals surface area contributed by atoms with Crippen LogP contribution in [0.2, 0.25) is 0 Å². The van der Waals surface area contributed by atoms with Crippen LogP contribution in [0.3, 0.4) is 0 Å². The molecule has 0 amide bonds. The van der Waals surface area contributed by atoms with E-state index in [1.807, 2.05) is 19.0 Å². The van der Waals surface area contributed by atoms with Crippen molar-refractivity contribution in [2.75, 3.05) is 93.1 Å². The summed E-state index contributed by atoms with van der Waals surface area (Å²) >= 11 is 0. The Balaban J connectivity index is 4.54. The molecular formula is C47H90N2O12. The predicted octanol–water partition coefficient (Wildman–Crippen LogP) is 8.79. The second-order valence-corrected chi connectivity index (χ2v) is 16.0. The quantitative estimate of drug-likeness (QED) is 0.0248. The molecule has 14 heteroatoms. The number of hydrogen-bond donors (Lipinski definition) is 0. The van der Waals surface area contributed by atoms with Crippen molar-refractivity contribution in [2.24, 2.45) is 0 Å². The minimum absolute atomic E-state index is 0.0274. The standard InChI is InChI=1S/C47H90N2O12/c1-7-11-15-19-34-58-46(59-35-20-16-12-8-2)26-24-42(50)54-38-40-56-44(52)28-32-49(31-23-30-48(5)6)33-29-45(53)57-41-39-55-43(51)25-27-47(60-36-21-17-13-9-3)61-37-22-18-14-10-4/h46-47H,7-41H2,1-6H3. The Morgan fingerprint density at radius 3 is 0.967 bits per heavy atom. The number of esters is 4. The molecule has 0 fully saturated rings. The Bertz CT molecular complexity index is 934. The highest BCUT2D eigenvalue weighted by atomic mass is 16.7. The van der Waals surface area contributed by atoms with E-state index in [1.54, 1.807) is 0 Å². The minimum atomic E-state index is -0.439. The molecule has 0 aromatic carbocycles. The molecule has 0 aromatic rings. The lowest BCUT2D eigenvalue weighted by atomic mass is 10.2. The summed E-state index contributed by atoms with van der Waals surface area (Å²) in [6.07, 6.45) is 19.0. The monoisotopic (exact) mass is 875 g/mol. The van der Waals surface area contributed by atoms with E-state index in [-0.39, 0.29) is 64.0 Å². The van der Waals surface area contributed by atoms with Gasteiger partial charge >= 0.3 is 23.9 Å². The normalized spacial score (nSPS) is 11.6. The lowest BCUT2D eigenvalue weighted by molar-refractivity contribution is -0.161. The number of hydrogen-bond acceptors (Lipinski definition) is 14. The molecule has 0 bridgehead atoms. The van der Waals surface area contributed by atoms with Gasteiger partial charge in [0, 0.05) is 52.4 Å². The average molecular weight is 875 g/mol. The summed E-state index contributed by atoms with van der Waals surface area (Å²) in [5, 5.41) is 0. The number of rotatable bonds is 46. The van der Waals surface area contributed by atoms with Crippen molar-refractivity contribution < 1.29 is 57.1 Å². The van der Waals surface area contributed by atoms with Crippen molar-refractivity contribution in [1.29, 1.82) is 0 Å². The Kier molecular flexibility index (Phi) is 42.5. The lowest BCUT2D eigenvalue weighted by Crippen LogP contribution is -2.32. The number of unbranched alkanes of at least 4 members (excludes halogenated alkanes) is 12. The van der Waals surface area contributed by atoms with Crippen LogP contribution in [0, 0.1) is 0 Å². The van der Waals surface area contributed by atoms with Crippen molar-refractivity contribution in [3.8, 4) is 0 Å². The molecule has 0 aliphatic heterocycles. The molecule has 0 unspecified atom stereocenters. The van der Waals surface area contributed by atoms with Crippen LogP contribution in [-0.2, 0) is 57.1 Å². The van der Waals surface area contributed by atoms with E-state index in [9.17, 15) is 19.2 Å². The van der Waals surface area contributed by atoms with Crippen LogP contribution in [0.1, 0.15) is 175 Å². The third-order valence-corrected chi connectivity index (χ3v) is 9.94. The summed E-state index contributed by atoms with van der Waals surface area (Å²) in [7, 11) is 3.99. The van der Waals surface area contributed by atoms with Crippen molar-refractivity contribution in [3.63, 3.8) is 0 Å². The molecule has 0 saturated heterocycles. The zero-order valence-electron chi connectivity index (χ0n) is 39.7. The fourth-order valence-corrected chi connectivity index (χ4v) is 6.23. The number of carbonyl (C=O) groups is 4. The highest BCUT2D eigenvalue weighted by molar-refractivity contribution is 5.71. The van der Waals surface area contributed by atoms with Gasteiger partial charge in [-0.25, -0.2) is 0 Å². The lowest BCUT2D eigenvalue weighted by Gasteiger charge is -2.22. The molecular weight excluding hydrogens is 785 g/mol. The van der Waals surface area contributed by atoms with Crippen LogP contribution in [0.15, 0.2) is 0 Å². The first kappa shape index (κ1) is 58.6. The molecule has 61 heavy (non-hydrogen) atoms. The van der Waals surface area contributed by atoms with Crippen LogP contribution in [0.25, 0.3) is 0 Å². The van der Waals surface area contributed by atoms with E-state index < -0.39 is 24.5 Å². The summed E-state index contributed by atoms with van der Waals surface area (Å²) in [4.78, 5) is 54.1. The molecule has 0 aliphatic carbocycles. The SMILES string of the molecule is CCCCCCOC(CCC(=O)OCCOC(=O)CCN(CCCN(C)C)CCC(=O)OCCOC(=O)CCC(OCCCCCC)OCCCCCC)OCCCCCC. The molecule has 360 valence electrons. The predicted molar refractivity (Wildman–Crippen MR) is 239 cm³/mol. The van der Waals surface area contributed by atoms with Gasteiger partial charge in [-0.2, -0.15) is 0 Å². The molecule has 0 spiro atoms. The van der Waals surface area contributed by atoms with E-state index in [4.69, 9.17) is 37.9 Å². The molecule has 14 nitrogen and oxygen atoms in total. The van der Waals surface area contributed by atoms with Crippen molar-refractivity contribution in [2.45, 2.75) is 188 Å². The van der Waals surface area contributed by atoms with Crippen LogP contribution in [0.4, 0.5) is 0 Å². The number of ether oxygens (including phenoxy) is 8. The molecule has 0 aliphatic rings. The Morgan fingerprint density at radius 1 is 0.361 bits per heavy atom. The van der Waals surface area contributed by atoms with E-state index in [0.29, 0.717) is 58.9 Å². The highest BCUT2D eigenvalue weighted by Crippen LogP contribution is 2.12. The zero-order valence-corrected chi connectivity index (χ0v) is 39.7. The number of carbonyl (C=O) groups excluding carboxylic acids is 4. The van der Waals surface area contributed by atoms with Gasteiger partial charge in [0.05, 0.1) is 25.7 Å². The molecule has 0 N–H and O–H groups in total. The van der Waals surface area contributed by atoms with Crippen LogP contribution >= 0.6 is 0 Å². The zero-order chi connectivity index (χ0) is 45.0. The smallest absolute Gasteiger partial charge is 0.307 e. The third kappa shape index (κ3) is 41.4. The largest absolute Gasteiger partial charge is 0.462 e. The van der Waals surface area contributed by atoms with Gasteiger partial charge in [-0.05, 0) is 59.3 Å². The average Bonchev–Trinajstić information content (AvgIpc) is 3.24. The molecule has 0 saturated carbocycles. The molecule has 0 atom stereocenters. The van der Waals surface area contributed by atoms with E-state index >= 15 is 0 Å². The first-order valence-corrected chi connectivity index (χ1v) is 24.1. The van der Waals surface area contributed by atoms with Gasteiger partial charge in [0.2, 0.25) is 0 Å². The number of nitrogens with zero attached hydrogens (tertiary/aromatic N) is 2. The highest BCUT2D eigenvalue weighted by Gasteiger charge is 2.17. The summed E-state index contributed by atoms with van der Waals surface area (Å²) in [6.45, 7) is 13.3. The molecule has 0 heterocycles. The van der Waals surface area contributed by atoms with Gasteiger partial charge in [0.15, 0.2) is 12.6 Å². The van der Waals surface area contributed by atoms with Crippen LogP contribution in [0.5, 0.6) is 0 Å². The van der Waals surface area contributed by atoms with Crippen molar-refractivity contribution in [3.05, 3.63) is 0 Å². The summed E-state index contributed by atoms with van der Waals surface area (Å²) < 4.78 is 45.0. The second kappa shape index (κ2) is 44.3. The third-order valence-electron chi connectivity index (χ3n) is 9.94. The second-order valence-electron chi connectivity index (χ2n) is 16.0. The molecule has 0 aromatic heterocycles. The maximum Gasteiger partial charge on any atom is 0.307 e. The van der Waals surface area contributed by atoms with Gasteiger partial charge in [0.1, 0.15) is 26.4 Å². The Hall–Kier alpha value is -2.36. The fourth-order valence-electron chi connectivity index (χ4n) is 6.23. The fraction of sp³-hybridized carbons (Fsp3) is 0.915. The minimum Gasteiger partial charge on any atom is -0.462 e. The van der Waals surface area contributed by atoms with Crippen molar-refractivity contribution >= 4 is 23.9 Å². The van der Waals surface area contributed by atoms with Gasteiger partial charge in [0.25, 0.3) is 0 Å². The van der Waals surface area contributed by atoms with Crippen molar-refractivity contribution in [1.82, 2.24) is 9.80 Å². The molecule has 0 rings (SSSR count). The summed E-state index contributed by atoms with van der Waals surface area (Å²) in [5.74, 6) is -1.59. The first-order chi connectivity index (χ1) is 29.6. The Morgan fingerprint density at radius 2 is 0.672 bits per heavy atom. The van der Waals surface area contributed by atoms with E-state index in [0.717, 1.165) is 90.0 Å². The van der Waals surface area contributed by atoms with Gasteiger partial charge in [-0.15, -0.1) is 0 Å². The van der Waals surface area contributed by atoms with Gasteiger partial charge in [-0.3, -0.25) is 19.2 Å². The van der Waals surface area contributed by atoms with Crippen LogP contribution < -0.4 is 0 Å². The Labute approximate surface area is 371 Å². The van der Waals surface area contributed by atoms with Gasteiger partial charge < -0.3 is 47.7 Å². The maximum atomic E-state index is 12.6. The van der Waals surface area contributed by atoms with Crippen LogP contribution in [-0.4, -0.2) is 139 Å². The summed E-state index contributed by atoms with van der Waals surface area (Å²) in [5.41, 5.74) is 0. The first-order valence-electron chi connectivity index (χ1n) is 24.1. The van der Waals surface area contributed by atoms with Gasteiger partial charge in [-0.1, -0.05) is 105 Å². The molecule has 0 radical (unpaired) electrons. The topological polar surface area (TPSA) is 149 Å². The van der Waals surface area contributed by atoms with E-state index in [1.165, 1.54) is 25.7 Å².